The maximum absolute atomic E-state index is 12.7. The normalized spacial score (nSPS) is 12.4. The van der Waals surface area contributed by atoms with Gasteiger partial charge < -0.3 is 10.6 Å². The summed E-state index contributed by atoms with van der Waals surface area (Å²) in [6, 6.07) is 22.1. The predicted molar refractivity (Wildman–Crippen MR) is 128 cm³/mol. The molecule has 3 aromatic carbocycles. The van der Waals surface area contributed by atoms with Crippen molar-refractivity contribution in [1.29, 1.82) is 0 Å². The molecule has 0 saturated heterocycles. The molecule has 34 heavy (non-hydrogen) atoms. The Kier molecular flexibility index (Phi) is 5.31. The molecule has 0 unspecified atom stereocenters. The molecule has 0 atom stereocenters. The first-order valence-electron chi connectivity index (χ1n) is 10.5. The summed E-state index contributed by atoms with van der Waals surface area (Å²) in [6.07, 6.45) is 1.49. The largest absolute Gasteiger partial charge is 0.340 e. The summed E-state index contributed by atoms with van der Waals surface area (Å²) in [5, 5.41) is 6.02. The molecular formula is C26H19N5O3. The summed E-state index contributed by atoms with van der Waals surface area (Å²) in [4.78, 5) is 47.3. The van der Waals surface area contributed by atoms with Crippen LogP contribution in [-0.4, -0.2) is 27.7 Å². The third kappa shape index (κ3) is 4.00. The lowest BCUT2D eigenvalue weighted by Gasteiger charge is -2.14. The summed E-state index contributed by atoms with van der Waals surface area (Å²) in [5.74, 6) is -0.365. The zero-order valence-corrected chi connectivity index (χ0v) is 18.1. The van der Waals surface area contributed by atoms with Gasteiger partial charge in [0.2, 0.25) is 0 Å². The van der Waals surface area contributed by atoms with Crippen molar-refractivity contribution in [2.75, 3.05) is 15.5 Å². The average molecular weight is 449 g/mol. The highest BCUT2D eigenvalue weighted by atomic mass is 16.2. The Morgan fingerprint density at radius 3 is 2.03 bits per heavy atom. The lowest BCUT2D eigenvalue weighted by Crippen LogP contribution is -2.29. The standard InChI is InChI=1S/C26H19N5O3/c1-16-14-23(28-15-27-16)29-18-8-10-19(11-9-18)30-24(32)17-6-12-20(13-7-17)31-25(33)21-4-2-3-5-22(21)26(31)34/h2-15H,1H3,(H,30,32)(H,27,28,29). The van der Waals surface area contributed by atoms with E-state index in [2.05, 4.69) is 20.6 Å². The molecule has 4 aromatic rings. The number of aryl methyl sites for hydroxylation is 1. The Labute approximate surface area is 195 Å². The summed E-state index contributed by atoms with van der Waals surface area (Å²) in [5.41, 5.74) is 3.87. The van der Waals surface area contributed by atoms with E-state index in [9.17, 15) is 14.4 Å². The van der Waals surface area contributed by atoms with Gasteiger partial charge in [-0.3, -0.25) is 14.4 Å². The molecule has 0 spiro atoms. The van der Waals surface area contributed by atoms with Crippen molar-refractivity contribution in [3.63, 3.8) is 0 Å². The van der Waals surface area contributed by atoms with Crippen LogP contribution in [0, 0.1) is 6.92 Å². The van der Waals surface area contributed by atoms with Gasteiger partial charge in [-0.2, -0.15) is 0 Å². The first-order valence-corrected chi connectivity index (χ1v) is 10.5. The minimum absolute atomic E-state index is 0.305. The predicted octanol–water partition coefficient (Wildman–Crippen LogP) is 4.58. The van der Waals surface area contributed by atoms with Crippen molar-refractivity contribution in [1.82, 2.24) is 9.97 Å². The Bertz CT molecular complexity index is 1380. The van der Waals surface area contributed by atoms with Crippen molar-refractivity contribution in [3.8, 4) is 0 Å². The van der Waals surface area contributed by atoms with Crippen LogP contribution in [-0.2, 0) is 0 Å². The molecule has 0 aliphatic carbocycles. The van der Waals surface area contributed by atoms with E-state index < -0.39 is 0 Å². The van der Waals surface area contributed by atoms with E-state index in [0.717, 1.165) is 16.3 Å². The van der Waals surface area contributed by atoms with Crippen LogP contribution in [0.3, 0.4) is 0 Å². The van der Waals surface area contributed by atoms with Crippen LogP contribution in [0.4, 0.5) is 22.9 Å². The van der Waals surface area contributed by atoms with Gasteiger partial charge in [0.1, 0.15) is 12.1 Å². The fraction of sp³-hybridized carbons (Fsp3) is 0.0385. The van der Waals surface area contributed by atoms with Crippen LogP contribution >= 0.6 is 0 Å². The second-order valence-corrected chi connectivity index (χ2v) is 7.74. The Hall–Kier alpha value is -4.85. The number of aromatic nitrogens is 2. The van der Waals surface area contributed by atoms with Crippen molar-refractivity contribution in [3.05, 3.63) is 108 Å². The molecule has 8 heteroatoms. The highest BCUT2D eigenvalue weighted by molar-refractivity contribution is 6.34. The first-order chi connectivity index (χ1) is 16.5. The number of hydrogen-bond acceptors (Lipinski definition) is 6. The summed E-state index contributed by atoms with van der Waals surface area (Å²) < 4.78 is 0. The fourth-order valence-corrected chi connectivity index (χ4v) is 3.70. The van der Waals surface area contributed by atoms with Crippen molar-refractivity contribution < 1.29 is 14.4 Å². The number of nitrogens with zero attached hydrogens (tertiary/aromatic N) is 3. The molecule has 5 rings (SSSR count). The molecule has 2 N–H and O–H groups in total. The van der Waals surface area contributed by atoms with Gasteiger partial charge in [0, 0.05) is 28.7 Å². The van der Waals surface area contributed by atoms with E-state index >= 15 is 0 Å². The first kappa shape index (κ1) is 21.0. The molecule has 0 radical (unpaired) electrons. The Morgan fingerprint density at radius 2 is 1.41 bits per heavy atom. The SMILES string of the molecule is Cc1cc(Nc2ccc(NC(=O)c3ccc(N4C(=O)c5ccccc5C4=O)cc3)cc2)ncn1. The van der Waals surface area contributed by atoms with Crippen molar-refractivity contribution >= 4 is 40.6 Å². The minimum atomic E-state index is -0.372. The quantitative estimate of drug-likeness (QED) is 0.432. The van der Waals surface area contributed by atoms with E-state index in [-0.39, 0.29) is 17.7 Å². The topological polar surface area (TPSA) is 104 Å². The van der Waals surface area contributed by atoms with Crippen LogP contribution in [0.2, 0.25) is 0 Å². The number of amides is 3. The van der Waals surface area contributed by atoms with E-state index in [1.54, 1.807) is 60.7 Å². The zero-order chi connectivity index (χ0) is 23.7. The molecule has 1 aromatic heterocycles. The van der Waals surface area contributed by atoms with E-state index in [1.165, 1.54) is 6.33 Å². The number of carbonyl (C=O) groups is 3. The monoisotopic (exact) mass is 449 g/mol. The summed E-state index contributed by atoms with van der Waals surface area (Å²) in [7, 11) is 0. The van der Waals surface area contributed by atoms with Gasteiger partial charge in [-0.05, 0) is 67.6 Å². The Morgan fingerprint density at radius 1 is 0.794 bits per heavy atom. The number of nitrogens with one attached hydrogen (secondary N) is 2. The maximum atomic E-state index is 12.7. The highest BCUT2D eigenvalue weighted by Crippen LogP contribution is 2.28. The summed E-state index contributed by atoms with van der Waals surface area (Å²) >= 11 is 0. The maximum Gasteiger partial charge on any atom is 0.266 e. The number of fused-ring (bicyclic) bond motifs is 1. The molecule has 166 valence electrons. The molecule has 0 saturated carbocycles. The second kappa shape index (κ2) is 8.59. The van der Waals surface area contributed by atoms with Gasteiger partial charge >= 0.3 is 0 Å². The number of rotatable bonds is 5. The van der Waals surface area contributed by atoms with Crippen LogP contribution in [0.25, 0.3) is 0 Å². The smallest absolute Gasteiger partial charge is 0.266 e. The lowest BCUT2D eigenvalue weighted by molar-refractivity contribution is 0.0925. The molecule has 0 bridgehead atoms. The van der Waals surface area contributed by atoms with E-state index in [4.69, 9.17) is 0 Å². The van der Waals surface area contributed by atoms with E-state index in [1.807, 2.05) is 25.1 Å². The van der Waals surface area contributed by atoms with Gasteiger partial charge in [0.05, 0.1) is 16.8 Å². The molecule has 1 aliphatic rings. The number of hydrogen-bond donors (Lipinski definition) is 2. The van der Waals surface area contributed by atoms with Crippen LogP contribution in [0.5, 0.6) is 0 Å². The van der Waals surface area contributed by atoms with Gasteiger partial charge in [0.25, 0.3) is 17.7 Å². The third-order valence-electron chi connectivity index (χ3n) is 5.40. The third-order valence-corrected chi connectivity index (χ3v) is 5.40. The van der Waals surface area contributed by atoms with Crippen LogP contribution in [0.15, 0.2) is 85.2 Å². The Balaban J connectivity index is 1.25. The number of benzene rings is 3. The van der Waals surface area contributed by atoms with Crippen LogP contribution < -0.4 is 15.5 Å². The second-order valence-electron chi connectivity index (χ2n) is 7.74. The van der Waals surface area contributed by atoms with Gasteiger partial charge in [-0.25, -0.2) is 14.9 Å². The molecular weight excluding hydrogens is 430 g/mol. The summed E-state index contributed by atoms with van der Waals surface area (Å²) in [6.45, 7) is 1.89. The number of carbonyl (C=O) groups excluding carboxylic acids is 3. The average Bonchev–Trinajstić information content (AvgIpc) is 3.10. The minimum Gasteiger partial charge on any atom is -0.340 e. The van der Waals surface area contributed by atoms with Gasteiger partial charge in [-0.1, -0.05) is 12.1 Å². The number of imide groups is 1. The molecule has 1 aliphatic heterocycles. The van der Waals surface area contributed by atoms with Crippen molar-refractivity contribution in [2.24, 2.45) is 0 Å². The van der Waals surface area contributed by atoms with Gasteiger partial charge in [-0.15, -0.1) is 0 Å². The van der Waals surface area contributed by atoms with Crippen molar-refractivity contribution in [2.45, 2.75) is 6.92 Å². The molecule has 8 nitrogen and oxygen atoms in total. The van der Waals surface area contributed by atoms with Crippen LogP contribution in [0.1, 0.15) is 36.8 Å². The molecule has 3 amide bonds. The highest BCUT2D eigenvalue weighted by Gasteiger charge is 2.36. The van der Waals surface area contributed by atoms with E-state index in [0.29, 0.717) is 33.9 Å². The molecule has 2 heterocycles. The zero-order valence-electron chi connectivity index (χ0n) is 18.1. The lowest BCUT2D eigenvalue weighted by atomic mass is 10.1. The van der Waals surface area contributed by atoms with Gasteiger partial charge in [0.15, 0.2) is 0 Å². The fourth-order valence-electron chi connectivity index (χ4n) is 3.70. The number of anilines is 4. The molecule has 0 fully saturated rings.